The molecule has 0 unspecified atom stereocenters. The van der Waals surface area contributed by atoms with Crippen molar-refractivity contribution in [2.45, 2.75) is 12.8 Å². The number of anilines is 1. The van der Waals surface area contributed by atoms with E-state index in [1.54, 1.807) is 6.07 Å². The first-order valence-corrected chi connectivity index (χ1v) is 11.0. The minimum Gasteiger partial charge on any atom is -0.481 e. The van der Waals surface area contributed by atoms with Crippen molar-refractivity contribution < 1.29 is 14.3 Å². The number of hydrogen-bond acceptors (Lipinski definition) is 4. The van der Waals surface area contributed by atoms with E-state index in [-0.39, 0.29) is 18.8 Å². The second-order valence-corrected chi connectivity index (χ2v) is 8.32. The fraction of sp³-hybridized carbons (Fsp3) is 0.160. The van der Waals surface area contributed by atoms with Crippen molar-refractivity contribution >= 4 is 38.6 Å². The molecule has 0 fully saturated rings. The van der Waals surface area contributed by atoms with Crippen LogP contribution >= 0.6 is 15.9 Å². The number of carboxylic acid groups (broad SMARTS) is 1. The molecule has 162 valence electrons. The van der Waals surface area contributed by atoms with Crippen LogP contribution in [0.4, 0.5) is 10.2 Å². The second kappa shape index (κ2) is 9.87. The lowest BCUT2D eigenvalue weighted by Gasteiger charge is -2.25. The zero-order chi connectivity index (χ0) is 22.5. The third-order valence-electron chi connectivity index (χ3n) is 5.13. The van der Waals surface area contributed by atoms with E-state index >= 15 is 0 Å². The molecule has 0 aliphatic heterocycles. The van der Waals surface area contributed by atoms with Crippen LogP contribution in [-0.2, 0) is 11.2 Å². The molecule has 0 atom stereocenters. The smallest absolute Gasteiger partial charge is 0.305 e. The van der Waals surface area contributed by atoms with Crippen molar-refractivity contribution in [2.75, 3.05) is 18.0 Å². The maximum Gasteiger partial charge on any atom is 0.305 e. The first-order valence-electron chi connectivity index (χ1n) is 10.2. The number of benzene rings is 3. The zero-order valence-corrected chi connectivity index (χ0v) is 18.8. The largest absolute Gasteiger partial charge is 0.481 e. The van der Waals surface area contributed by atoms with Crippen LogP contribution in [0.5, 0.6) is 0 Å². The van der Waals surface area contributed by atoms with Gasteiger partial charge < -0.3 is 10.0 Å². The lowest BCUT2D eigenvalue weighted by atomic mass is 10.1. The van der Waals surface area contributed by atoms with E-state index in [9.17, 15) is 14.3 Å². The Morgan fingerprint density at radius 3 is 2.53 bits per heavy atom. The molecular formula is C25H21BrFN3O2. The standard InChI is InChI=1S/C25H21BrFN3O2/c26-19-8-4-7-18(15-19)24-28-22-16-20(27)9-10-21(22)25(29-24)30(14-12-23(31)32)13-11-17-5-2-1-3-6-17/h1-10,15-16H,11-14H2,(H,31,32). The minimum atomic E-state index is -0.883. The molecule has 4 rings (SSSR count). The van der Waals surface area contributed by atoms with Crippen LogP contribution in [0.15, 0.2) is 77.3 Å². The molecule has 0 saturated carbocycles. The molecular weight excluding hydrogens is 473 g/mol. The predicted molar refractivity (Wildman–Crippen MR) is 127 cm³/mol. The molecule has 4 aromatic rings. The lowest BCUT2D eigenvalue weighted by molar-refractivity contribution is -0.136. The highest BCUT2D eigenvalue weighted by Crippen LogP contribution is 2.29. The van der Waals surface area contributed by atoms with Crippen LogP contribution in [0.1, 0.15) is 12.0 Å². The summed E-state index contributed by atoms with van der Waals surface area (Å²) in [7, 11) is 0. The molecule has 1 N–H and O–H groups in total. The average Bonchev–Trinajstić information content (AvgIpc) is 2.79. The second-order valence-electron chi connectivity index (χ2n) is 7.41. The predicted octanol–water partition coefficient (Wildman–Crippen LogP) is 5.72. The summed E-state index contributed by atoms with van der Waals surface area (Å²) in [5.74, 6) is -0.211. The van der Waals surface area contributed by atoms with Gasteiger partial charge in [0.25, 0.3) is 0 Å². The van der Waals surface area contributed by atoms with Crippen molar-refractivity contribution in [2.24, 2.45) is 0 Å². The molecule has 5 nitrogen and oxygen atoms in total. The Hall–Kier alpha value is -3.32. The first kappa shape index (κ1) is 21.9. The number of aromatic nitrogens is 2. The number of fused-ring (bicyclic) bond motifs is 1. The Morgan fingerprint density at radius 1 is 0.969 bits per heavy atom. The van der Waals surface area contributed by atoms with E-state index in [4.69, 9.17) is 4.98 Å². The number of nitrogens with zero attached hydrogens (tertiary/aromatic N) is 3. The van der Waals surface area contributed by atoms with Gasteiger partial charge in [0.15, 0.2) is 5.82 Å². The quantitative estimate of drug-likeness (QED) is 0.339. The molecule has 7 heteroatoms. The van der Waals surface area contributed by atoms with Crippen molar-refractivity contribution in [1.29, 1.82) is 0 Å². The van der Waals surface area contributed by atoms with Crippen LogP contribution < -0.4 is 4.90 Å². The maximum absolute atomic E-state index is 14.0. The van der Waals surface area contributed by atoms with Crippen LogP contribution in [0.2, 0.25) is 0 Å². The Kier molecular flexibility index (Phi) is 6.75. The molecule has 0 spiro atoms. The summed E-state index contributed by atoms with van der Waals surface area (Å²) in [5, 5.41) is 9.98. The van der Waals surface area contributed by atoms with E-state index in [0.29, 0.717) is 29.1 Å². The van der Waals surface area contributed by atoms with Gasteiger partial charge in [-0.2, -0.15) is 0 Å². The summed E-state index contributed by atoms with van der Waals surface area (Å²) < 4.78 is 14.9. The molecule has 32 heavy (non-hydrogen) atoms. The molecule has 3 aromatic carbocycles. The van der Waals surface area contributed by atoms with Crippen LogP contribution in [0.25, 0.3) is 22.3 Å². The van der Waals surface area contributed by atoms with Crippen LogP contribution in [0, 0.1) is 5.82 Å². The number of aliphatic carboxylic acids is 1. The van der Waals surface area contributed by atoms with Gasteiger partial charge in [0, 0.05) is 34.6 Å². The molecule has 0 bridgehead atoms. The fourth-order valence-electron chi connectivity index (χ4n) is 3.55. The van der Waals surface area contributed by atoms with Crippen molar-refractivity contribution in [1.82, 2.24) is 9.97 Å². The highest BCUT2D eigenvalue weighted by Gasteiger charge is 2.17. The van der Waals surface area contributed by atoms with E-state index in [2.05, 4.69) is 20.9 Å². The number of hydrogen-bond donors (Lipinski definition) is 1. The van der Waals surface area contributed by atoms with Crippen LogP contribution in [-0.4, -0.2) is 34.1 Å². The summed E-state index contributed by atoms with van der Waals surface area (Å²) in [6.07, 6.45) is 0.688. The van der Waals surface area contributed by atoms with Gasteiger partial charge >= 0.3 is 5.97 Å². The van der Waals surface area contributed by atoms with Crippen molar-refractivity contribution in [3.63, 3.8) is 0 Å². The number of halogens is 2. The Bertz CT molecular complexity index is 1250. The van der Waals surface area contributed by atoms with E-state index in [1.807, 2.05) is 59.5 Å². The first-order chi connectivity index (χ1) is 15.5. The van der Waals surface area contributed by atoms with Gasteiger partial charge in [0.1, 0.15) is 11.6 Å². The van der Waals surface area contributed by atoms with Crippen LogP contribution in [0.3, 0.4) is 0 Å². The van der Waals surface area contributed by atoms with Gasteiger partial charge in [0.05, 0.1) is 11.9 Å². The van der Waals surface area contributed by atoms with Gasteiger partial charge in [0.2, 0.25) is 0 Å². The normalized spacial score (nSPS) is 10.9. The molecule has 0 aliphatic carbocycles. The number of carbonyl (C=O) groups is 1. The topological polar surface area (TPSA) is 66.3 Å². The van der Waals surface area contributed by atoms with E-state index < -0.39 is 5.97 Å². The minimum absolute atomic E-state index is 0.0340. The van der Waals surface area contributed by atoms with Crippen molar-refractivity contribution in [3.8, 4) is 11.4 Å². The van der Waals surface area contributed by atoms with Crippen molar-refractivity contribution in [3.05, 3.63) is 88.6 Å². The third-order valence-corrected chi connectivity index (χ3v) is 5.62. The molecule has 0 amide bonds. The molecule has 0 aliphatic rings. The number of rotatable bonds is 8. The van der Waals surface area contributed by atoms with E-state index in [0.717, 1.165) is 22.0 Å². The summed E-state index contributed by atoms with van der Waals surface area (Å²) in [6, 6.07) is 22.0. The van der Waals surface area contributed by atoms with Gasteiger partial charge in [-0.05, 0) is 36.2 Å². The van der Waals surface area contributed by atoms with Gasteiger partial charge in [-0.15, -0.1) is 0 Å². The van der Waals surface area contributed by atoms with Gasteiger partial charge in [-0.25, -0.2) is 14.4 Å². The fourth-order valence-corrected chi connectivity index (χ4v) is 3.95. The summed E-state index contributed by atoms with van der Waals surface area (Å²) in [6.45, 7) is 0.849. The maximum atomic E-state index is 14.0. The Balaban J connectivity index is 1.80. The Morgan fingerprint density at radius 2 is 1.78 bits per heavy atom. The summed E-state index contributed by atoms with van der Waals surface area (Å²) in [4.78, 5) is 22.7. The Labute approximate surface area is 193 Å². The summed E-state index contributed by atoms with van der Waals surface area (Å²) >= 11 is 3.47. The van der Waals surface area contributed by atoms with E-state index in [1.165, 1.54) is 12.1 Å². The van der Waals surface area contributed by atoms with Gasteiger partial charge in [-0.3, -0.25) is 4.79 Å². The third kappa shape index (κ3) is 5.29. The number of carboxylic acids is 1. The highest BCUT2D eigenvalue weighted by molar-refractivity contribution is 9.10. The zero-order valence-electron chi connectivity index (χ0n) is 17.2. The summed E-state index contributed by atoms with van der Waals surface area (Å²) in [5.41, 5.74) is 2.41. The molecule has 0 saturated heterocycles. The SMILES string of the molecule is O=C(O)CCN(CCc1ccccc1)c1nc(-c2cccc(Br)c2)nc2cc(F)ccc12. The monoisotopic (exact) mass is 493 g/mol. The highest BCUT2D eigenvalue weighted by atomic mass is 79.9. The molecule has 0 radical (unpaired) electrons. The molecule has 1 heterocycles. The average molecular weight is 494 g/mol. The molecule has 1 aromatic heterocycles. The van der Waals surface area contributed by atoms with Gasteiger partial charge in [-0.1, -0.05) is 58.4 Å². The lowest BCUT2D eigenvalue weighted by Crippen LogP contribution is -2.29.